The van der Waals surface area contributed by atoms with E-state index in [0.717, 1.165) is 30.5 Å². The van der Waals surface area contributed by atoms with Crippen molar-refractivity contribution in [1.82, 2.24) is 10.2 Å². The Hall–Kier alpha value is -2.61. The summed E-state index contributed by atoms with van der Waals surface area (Å²) >= 11 is 13.0. The summed E-state index contributed by atoms with van der Waals surface area (Å²) < 4.78 is 7.39. The first-order valence-corrected chi connectivity index (χ1v) is 11.6. The van der Waals surface area contributed by atoms with E-state index >= 15 is 0 Å². The molecule has 0 atom stereocenters. The number of hydrogen-bond donors (Lipinski definition) is 1. The van der Waals surface area contributed by atoms with Crippen molar-refractivity contribution in [1.29, 1.82) is 0 Å². The largest absolute Gasteiger partial charge is 0.487 e. The van der Waals surface area contributed by atoms with Gasteiger partial charge in [0.15, 0.2) is 0 Å². The molecule has 0 bridgehead atoms. The standard InChI is InChI=1S/C24H17Br2ClN2O3/c25-19-10-17(11-20(26)22(19)32-14-16-4-2-1-3-5-16)12-21-23(30)29(24(31)28-21)13-15-6-8-18(27)9-7-15/h1-12H,13-14H2,(H,28,31)/b21-12-. The average Bonchev–Trinajstić information content (AvgIpc) is 3.02. The summed E-state index contributed by atoms with van der Waals surface area (Å²) in [6, 6.07) is 20.1. The molecule has 1 fully saturated rings. The van der Waals surface area contributed by atoms with Crippen LogP contribution in [0.4, 0.5) is 4.79 Å². The Morgan fingerprint density at radius 2 is 1.59 bits per heavy atom. The van der Waals surface area contributed by atoms with Gasteiger partial charge in [-0.15, -0.1) is 0 Å². The molecule has 4 rings (SSSR count). The van der Waals surface area contributed by atoms with Gasteiger partial charge >= 0.3 is 6.03 Å². The smallest absolute Gasteiger partial charge is 0.329 e. The van der Waals surface area contributed by atoms with E-state index in [9.17, 15) is 9.59 Å². The fourth-order valence-electron chi connectivity index (χ4n) is 3.18. The minimum absolute atomic E-state index is 0.166. The average molecular weight is 577 g/mol. The molecule has 0 unspecified atom stereocenters. The molecule has 5 nitrogen and oxygen atoms in total. The molecule has 0 aromatic heterocycles. The van der Waals surface area contributed by atoms with Gasteiger partial charge in [0.1, 0.15) is 18.1 Å². The van der Waals surface area contributed by atoms with Crippen molar-refractivity contribution < 1.29 is 14.3 Å². The second-order valence-corrected chi connectivity index (χ2v) is 9.24. The molecule has 3 aromatic carbocycles. The van der Waals surface area contributed by atoms with Crippen molar-refractivity contribution in [2.24, 2.45) is 0 Å². The highest BCUT2D eigenvalue weighted by Gasteiger charge is 2.33. The van der Waals surface area contributed by atoms with Crippen molar-refractivity contribution in [3.63, 3.8) is 0 Å². The maximum atomic E-state index is 12.8. The lowest BCUT2D eigenvalue weighted by molar-refractivity contribution is -0.123. The fraction of sp³-hybridized carbons (Fsp3) is 0.0833. The number of benzene rings is 3. The molecule has 1 aliphatic heterocycles. The van der Waals surface area contributed by atoms with E-state index in [1.807, 2.05) is 42.5 Å². The van der Waals surface area contributed by atoms with Crippen molar-refractivity contribution >= 4 is 61.5 Å². The van der Waals surface area contributed by atoms with E-state index in [0.29, 0.717) is 17.4 Å². The van der Waals surface area contributed by atoms with Gasteiger partial charge < -0.3 is 10.1 Å². The molecule has 162 valence electrons. The zero-order valence-electron chi connectivity index (χ0n) is 16.6. The van der Waals surface area contributed by atoms with Crippen LogP contribution in [0.25, 0.3) is 6.08 Å². The Labute approximate surface area is 207 Å². The summed E-state index contributed by atoms with van der Waals surface area (Å²) in [5, 5.41) is 3.24. The third-order valence-electron chi connectivity index (χ3n) is 4.77. The monoisotopic (exact) mass is 574 g/mol. The highest BCUT2D eigenvalue weighted by atomic mass is 79.9. The molecule has 1 N–H and O–H groups in total. The molecule has 32 heavy (non-hydrogen) atoms. The molecule has 3 aromatic rings. The number of nitrogens with one attached hydrogen (secondary N) is 1. The molecular formula is C24H17Br2ClN2O3. The van der Waals surface area contributed by atoms with Crippen LogP contribution in [0.2, 0.25) is 5.02 Å². The van der Waals surface area contributed by atoms with E-state index in [-0.39, 0.29) is 18.1 Å². The van der Waals surface area contributed by atoms with Gasteiger partial charge in [-0.1, -0.05) is 54.1 Å². The molecule has 0 saturated carbocycles. The maximum Gasteiger partial charge on any atom is 0.329 e. The summed E-state index contributed by atoms with van der Waals surface area (Å²) in [5.74, 6) is 0.267. The van der Waals surface area contributed by atoms with Crippen molar-refractivity contribution in [2.75, 3.05) is 0 Å². The van der Waals surface area contributed by atoms with Crippen LogP contribution in [0.15, 0.2) is 81.4 Å². The van der Waals surface area contributed by atoms with Crippen molar-refractivity contribution in [3.05, 3.63) is 103 Å². The number of nitrogens with zero attached hydrogens (tertiary/aromatic N) is 1. The quantitative estimate of drug-likeness (QED) is 0.268. The molecule has 0 radical (unpaired) electrons. The Bertz CT molecular complexity index is 1170. The maximum absolute atomic E-state index is 12.8. The van der Waals surface area contributed by atoms with Gasteiger partial charge in [0.25, 0.3) is 5.91 Å². The minimum atomic E-state index is -0.461. The third-order valence-corrected chi connectivity index (χ3v) is 6.20. The van der Waals surface area contributed by atoms with E-state index in [2.05, 4.69) is 37.2 Å². The van der Waals surface area contributed by atoms with E-state index in [1.165, 1.54) is 0 Å². The van der Waals surface area contributed by atoms with Crippen molar-refractivity contribution in [3.8, 4) is 5.75 Å². The highest BCUT2D eigenvalue weighted by molar-refractivity contribution is 9.11. The summed E-state index contributed by atoms with van der Waals surface area (Å²) in [5.41, 5.74) is 2.80. The summed E-state index contributed by atoms with van der Waals surface area (Å²) in [6.07, 6.45) is 1.64. The molecule has 8 heteroatoms. The van der Waals surface area contributed by atoms with Crippen LogP contribution in [0.5, 0.6) is 5.75 Å². The van der Waals surface area contributed by atoms with Gasteiger partial charge in [0.2, 0.25) is 0 Å². The number of amides is 3. The number of hydrogen-bond acceptors (Lipinski definition) is 3. The lowest BCUT2D eigenvalue weighted by Crippen LogP contribution is -2.30. The van der Waals surface area contributed by atoms with Crippen LogP contribution in [-0.4, -0.2) is 16.8 Å². The summed E-state index contributed by atoms with van der Waals surface area (Å²) in [7, 11) is 0. The SMILES string of the molecule is O=C1N/C(=C\c2cc(Br)c(OCc3ccccc3)c(Br)c2)C(=O)N1Cc1ccc(Cl)cc1. The van der Waals surface area contributed by atoms with Gasteiger partial charge in [-0.2, -0.15) is 0 Å². The number of imide groups is 1. The lowest BCUT2D eigenvalue weighted by atomic mass is 10.1. The first-order chi connectivity index (χ1) is 15.4. The molecule has 1 saturated heterocycles. The first-order valence-electron chi connectivity index (χ1n) is 9.65. The molecular weight excluding hydrogens is 560 g/mol. The van der Waals surface area contributed by atoms with Crippen LogP contribution in [0, 0.1) is 0 Å². The number of carbonyl (C=O) groups is 2. The summed E-state index contributed by atoms with van der Waals surface area (Å²) in [6.45, 7) is 0.589. The van der Waals surface area contributed by atoms with E-state index < -0.39 is 6.03 Å². The Balaban J connectivity index is 1.50. The molecule has 1 aliphatic rings. The number of rotatable bonds is 6. The highest BCUT2D eigenvalue weighted by Crippen LogP contribution is 2.36. The lowest BCUT2D eigenvalue weighted by Gasteiger charge is -2.12. The zero-order chi connectivity index (χ0) is 22.7. The predicted molar refractivity (Wildman–Crippen MR) is 131 cm³/mol. The van der Waals surface area contributed by atoms with E-state index in [1.54, 1.807) is 30.3 Å². The number of ether oxygens (including phenoxy) is 1. The van der Waals surface area contributed by atoms with Crippen LogP contribution < -0.4 is 10.1 Å². The summed E-state index contributed by atoms with van der Waals surface area (Å²) in [4.78, 5) is 26.3. The number of halogens is 3. The minimum Gasteiger partial charge on any atom is -0.487 e. The molecule has 1 heterocycles. The van der Waals surface area contributed by atoms with Crippen LogP contribution in [0.1, 0.15) is 16.7 Å². The zero-order valence-corrected chi connectivity index (χ0v) is 20.6. The Morgan fingerprint density at radius 1 is 0.938 bits per heavy atom. The van der Waals surface area contributed by atoms with E-state index in [4.69, 9.17) is 16.3 Å². The van der Waals surface area contributed by atoms with Gasteiger partial charge in [-0.05, 0) is 78.9 Å². The molecule has 3 amide bonds. The van der Waals surface area contributed by atoms with Crippen molar-refractivity contribution in [2.45, 2.75) is 13.2 Å². The molecule has 0 spiro atoms. The number of urea groups is 1. The van der Waals surface area contributed by atoms with Gasteiger partial charge in [-0.25, -0.2) is 4.79 Å². The second kappa shape index (κ2) is 9.90. The van der Waals surface area contributed by atoms with Crippen LogP contribution in [0.3, 0.4) is 0 Å². The number of carbonyl (C=O) groups excluding carboxylic acids is 2. The second-order valence-electron chi connectivity index (χ2n) is 7.09. The van der Waals surface area contributed by atoms with Crippen LogP contribution >= 0.6 is 43.5 Å². The predicted octanol–water partition coefficient (Wildman–Crippen LogP) is 6.54. The first kappa shape index (κ1) is 22.6. The van der Waals surface area contributed by atoms with Gasteiger partial charge in [-0.3, -0.25) is 9.69 Å². The molecule has 0 aliphatic carbocycles. The fourth-order valence-corrected chi connectivity index (χ4v) is 4.76. The van der Waals surface area contributed by atoms with Gasteiger partial charge in [0, 0.05) is 5.02 Å². The van der Waals surface area contributed by atoms with Crippen LogP contribution in [-0.2, 0) is 17.9 Å². The Morgan fingerprint density at radius 3 is 2.25 bits per heavy atom. The van der Waals surface area contributed by atoms with Gasteiger partial charge in [0.05, 0.1) is 15.5 Å². The topological polar surface area (TPSA) is 58.6 Å². The third kappa shape index (κ3) is 5.23. The Kier molecular flexibility index (Phi) is 6.98. The normalized spacial score (nSPS) is 14.7.